The number of primary amides is 4. The van der Waals surface area contributed by atoms with Crippen molar-refractivity contribution in [2.45, 2.75) is 38.5 Å². The highest BCUT2D eigenvalue weighted by Crippen LogP contribution is 2.13. The molecule has 0 spiro atoms. The Labute approximate surface area is 128 Å². The Morgan fingerprint density at radius 3 is 1.14 bits per heavy atom. The van der Waals surface area contributed by atoms with Gasteiger partial charge in [-0.1, -0.05) is 12.8 Å². The van der Waals surface area contributed by atoms with E-state index in [0.29, 0.717) is 25.7 Å². The van der Waals surface area contributed by atoms with Gasteiger partial charge in [-0.05, 0) is 25.7 Å². The summed E-state index contributed by atoms with van der Waals surface area (Å²) in [4.78, 5) is 43.6. The van der Waals surface area contributed by atoms with Crippen LogP contribution in [0, 0.1) is 0 Å². The highest BCUT2D eigenvalue weighted by Gasteiger charge is 2.08. The molecule has 0 aliphatic heterocycles. The average molecular weight is 310 g/mol. The maximum absolute atomic E-state index is 11.1. The van der Waals surface area contributed by atoms with E-state index in [1.807, 2.05) is 0 Å². The minimum atomic E-state index is -0.712. The molecular formula is C14H22N4O4. The zero-order valence-electron chi connectivity index (χ0n) is 12.3. The second kappa shape index (κ2) is 10.1. The molecule has 0 saturated heterocycles. The van der Waals surface area contributed by atoms with Gasteiger partial charge in [-0.2, -0.15) is 0 Å². The molecule has 0 atom stereocenters. The minimum Gasteiger partial charge on any atom is -0.366 e. The molecule has 0 aromatic carbocycles. The number of hydrogen-bond donors (Lipinski definition) is 4. The minimum absolute atomic E-state index is 0.193. The Hall–Kier alpha value is -2.64. The van der Waals surface area contributed by atoms with Crippen LogP contribution in [0.25, 0.3) is 0 Å². The first-order valence-electron chi connectivity index (χ1n) is 6.83. The predicted molar refractivity (Wildman–Crippen MR) is 80.6 cm³/mol. The van der Waals surface area contributed by atoms with Crippen LogP contribution in [-0.2, 0) is 19.2 Å². The van der Waals surface area contributed by atoms with Crippen molar-refractivity contribution in [3.8, 4) is 0 Å². The largest absolute Gasteiger partial charge is 0.366 e. The normalized spacial score (nSPS) is 12.0. The van der Waals surface area contributed by atoms with Crippen molar-refractivity contribution >= 4 is 23.6 Å². The van der Waals surface area contributed by atoms with Crippen molar-refractivity contribution in [1.29, 1.82) is 0 Å². The molecule has 0 rings (SSSR count). The van der Waals surface area contributed by atoms with Gasteiger partial charge in [0.1, 0.15) is 0 Å². The fourth-order valence-electron chi connectivity index (χ4n) is 1.86. The Balaban J connectivity index is 4.13. The monoisotopic (exact) mass is 310 g/mol. The molecule has 0 unspecified atom stereocenters. The van der Waals surface area contributed by atoms with Crippen LogP contribution in [0.15, 0.2) is 23.3 Å². The SMILES string of the molecule is NC(=O)/C=C(\CCCCCC/C(=C\C(N)=O)C(N)=O)C(N)=O. The Kier molecular flexibility index (Phi) is 8.92. The lowest BCUT2D eigenvalue weighted by Crippen LogP contribution is -2.18. The van der Waals surface area contributed by atoms with E-state index in [4.69, 9.17) is 22.9 Å². The van der Waals surface area contributed by atoms with Gasteiger partial charge in [0.05, 0.1) is 0 Å². The number of hydrogen-bond acceptors (Lipinski definition) is 4. The van der Waals surface area contributed by atoms with Gasteiger partial charge in [0.2, 0.25) is 23.6 Å². The molecule has 122 valence electrons. The van der Waals surface area contributed by atoms with Crippen LogP contribution in [0.3, 0.4) is 0 Å². The highest BCUT2D eigenvalue weighted by atomic mass is 16.2. The van der Waals surface area contributed by atoms with Gasteiger partial charge in [-0.15, -0.1) is 0 Å². The summed E-state index contributed by atoms with van der Waals surface area (Å²) in [6, 6.07) is 0. The van der Waals surface area contributed by atoms with Crippen molar-refractivity contribution in [3.63, 3.8) is 0 Å². The zero-order valence-corrected chi connectivity index (χ0v) is 12.3. The van der Waals surface area contributed by atoms with E-state index in [-0.39, 0.29) is 11.1 Å². The molecule has 0 aliphatic carbocycles. The molecule has 0 aromatic rings. The second-order valence-electron chi connectivity index (χ2n) is 4.79. The third-order valence-electron chi connectivity index (χ3n) is 2.91. The van der Waals surface area contributed by atoms with Crippen molar-refractivity contribution in [2.75, 3.05) is 0 Å². The van der Waals surface area contributed by atoms with Crippen LogP contribution in [0.2, 0.25) is 0 Å². The lowest BCUT2D eigenvalue weighted by Gasteiger charge is -2.04. The Morgan fingerprint density at radius 1 is 0.591 bits per heavy atom. The maximum Gasteiger partial charge on any atom is 0.244 e. The summed E-state index contributed by atoms with van der Waals surface area (Å²) >= 11 is 0. The summed E-state index contributed by atoms with van der Waals surface area (Å²) in [5.41, 5.74) is 20.6. The molecule has 8 nitrogen and oxygen atoms in total. The summed E-state index contributed by atoms with van der Waals surface area (Å²) in [5.74, 6) is -2.76. The number of amides is 4. The lowest BCUT2D eigenvalue weighted by molar-refractivity contribution is -0.116. The van der Waals surface area contributed by atoms with E-state index < -0.39 is 23.6 Å². The Morgan fingerprint density at radius 2 is 0.909 bits per heavy atom. The zero-order chi connectivity index (χ0) is 17.1. The number of unbranched alkanes of at least 4 members (excludes halogenated alkanes) is 3. The first-order chi connectivity index (χ1) is 10.2. The van der Waals surface area contributed by atoms with E-state index in [1.54, 1.807) is 0 Å². The maximum atomic E-state index is 11.1. The fourth-order valence-corrected chi connectivity index (χ4v) is 1.86. The van der Waals surface area contributed by atoms with Gasteiger partial charge in [-0.3, -0.25) is 19.2 Å². The molecule has 0 aromatic heterocycles. The number of carbonyl (C=O) groups is 4. The molecule has 0 saturated carbocycles. The van der Waals surface area contributed by atoms with E-state index in [2.05, 4.69) is 0 Å². The molecule has 0 heterocycles. The quantitative estimate of drug-likeness (QED) is 0.287. The third-order valence-corrected chi connectivity index (χ3v) is 2.91. The molecule has 4 amide bonds. The van der Waals surface area contributed by atoms with Gasteiger partial charge in [-0.25, -0.2) is 0 Å². The smallest absolute Gasteiger partial charge is 0.244 e. The number of carbonyl (C=O) groups excluding carboxylic acids is 4. The molecule has 8 N–H and O–H groups in total. The molecule has 0 radical (unpaired) electrons. The molecule has 8 heteroatoms. The van der Waals surface area contributed by atoms with Crippen LogP contribution in [0.1, 0.15) is 38.5 Å². The number of rotatable bonds is 11. The van der Waals surface area contributed by atoms with Crippen molar-refractivity contribution in [1.82, 2.24) is 0 Å². The highest BCUT2D eigenvalue weighted by molar-refractivity contribution is 6.00. The van der Waals surface area contributed by atoms with Crippen LogP contribution in [0.4, 0.5) is 0 Å². The first-order valence-corrected chi connectivity index (χ1v) is 6.83. The van der Waals surface area contributed by atoms with Crippen LogP contribution in [0.5, 0.6) is 0 Å². The van der Waals surface area contributed by atoms with Gasteiger partial charge in [0.15, 0.2) is 0 Å². The van der Waals surface area contributed by atoms with Crippen molar-refractivity contribution in [3.05, 3.63) is 23.3 Å². The fraction of sp³-hybridized carbons (Fsp3) is 0.429. The van der Waals surface area contributed by atoms with E-state index in [1.165, 1.54) is 0 Å². The van der Waals surface area contributed by atoms with E-state index in [0.717, 1.165) is 25.0 Å². The average Bonchev–Trinajstić information content (AvgIpc) is 2.38. The van der Waals surface area contributed by atoms with Gasteiger partial charge < -0.3 is 22.9 Å². The van der Waals surface area contributed by atoms with E-state index >= 15 is 0 Å². The molecule has 0 aliphatic rings. The molecule has 22 heavy (non-hydrogen) atoms. The topological polar surface area (TPSA) is 172 Å². The standard InChI is InChI=1S/C14H22N4O4/c15-11(19)7-9(13(17)21)5-3-1-2-4-6-10(14(18)22)8-12(16)20/h7-8H,1-6H2,(H2,15,19)(H2,16,20)(H2,17,21)(H2,18,22)/b9-7+,10-8+. The van der Waals surface area contributed by atoms with E-state index in [9.17, 15) is 19.2 Å². The Bertz CT molecular complexity index is 463. The first kappa shape index (κ1) is 19.4. The summed E-state index contributed by atoms with van der Waals surface area (Å²) in [6.07, 6.45) is 5.58. The summed E-state index contributed by atoms with van der Waals surface area (Å²) in [5, 5.41) is 0. The van der Waals surface area contributed by atoms with Crippen LogP contribution in [-0.4, -0.2) is 23.6 Å². The van der Waals surface area contributed by atoms with Gasteiger partial charge >= 0.3 is 0 Å². The predicted octanol–water partition coefficient (Wildman–Crippen LogP) is -0.879. The number of nitrogens with two attached hydrogens (primary N) is 4. The lowest BCUT2D eigenvalue weighted by atomic mass is 10.0. The van der Waals surface area contributed by atoms with Crippen molar-refractivity contribution < 1.29 is 19.2 Å². The third kappa shape index (κ3) is 9.29. The summed E-state index contributed by atoms with van der Waals surface area (Å²) in [6.45, 7) is 0. The second-order valence-corrected chi connectivity index (χ2v) is 4.79. The molecule has 0 bridgehead atoms. The summed E-state index contributed by atoms with van der Waals surface area (Å²) < 4.78 is 0. The molecule has 0 fully saturated rings. The van der Waals surface area contributed by atoms with Crippen LogP contribution < -0.4 is 22.9 Å². The van der Waals surface area contributed by atoms with Gasteiger partial charge in [0, 0.05) is 23.3 Å². The van der Waals surface area contributed by atoms with Crippen LogP contribution >= 0.6 is 0 Å². The summed E-state index contributed by atoms with van der Waals surface area (Å²) in [7, 11) is 0. The molecular weight excluding hydrogens is 288 g/mol. The van der Waals surface area contributed by atoms with Crippen molar-refractivity contribution in [2.24, 2.45) is 22.9 Å². The van der Waals surface area contributed by atoms with Gasteiger partial charge in [0.25, 0.3) is 0 Å².